The number of benzene rings is 1. The lowest BCUT2D eigenvalue weighted by Gasteiger charge is -2.48. The Bertz CT molecular complexity index is 1000. The van der Waals surface area contributed by atoms with Gasteiger partial charge in [-0.25, -0.2) is 0 Å². The summed E-state index contributed by atoms with van der Waals surface area (Å²) in [7, 11) is 0. The second-order valence-corrected chi connectivity index (χ2v) is 13.0. The quantitative estimate of drug-likeness (QED) is 0.202. The molecule has 0 radical (unpaired) electrons. The van der Waals surface area contributed by atoms with Crippen LogP contribution in [-0.2, 0) is 14.9 Å². The van der Waals surface area contributed by atoms with Crippen molar-refractivity contribution in [2.45, 2.75) is 122 Å². The van der Waals surface area contributed by atoms with Crippen LogP contribution < -0.4 is 4.74 Å². The Hall–Kier alpha value is -2.05. The fraction of sp³-hybridized carbons (Fsp3) is 0.719. The van der Waals surface area contributed by atoms with E-state index in [0.717, 1.165) is 54.7 Å². The predicted molar refractivity (Wildman–Crippen MR) is 151 cm³/mol. The van der Waals surface area contributed by atoms with Gasteiger partial charge in [0.25, 0.3) is 6.47 Å². The summed E-state index contributed by atoms with van der Waals surface area (Å²) in [6, 6.07) is 4.13. The minimum Gasteiger partial charge on any atom is -0.508 e. The first-order valence-electron chi connectivity index (χ1n) is 14.8. The number of rotatable bonds is 11. The number of phenolic OH excluding ortho intramolecular Hbond substituents is 1. The summed E-state index contributed by atoms with van der Waals surface area (Å²) in [5, 5.41) is 22.6. The molecule has 1 aliphatic carbocycles. The van der Waals surface area contributed by atoms with Crippen molar-refractivity contribution in [3.63, 3.8) is 0 Å². The average molecular weight is 528 g/mol. The summed E-state index contributed by atoms with van der Waals surface area (Å²) in [5.41, 5.74) is 2.65. The van der Waals surface area contributed by atoms with E-state index in [-0.39, 0.29) is 29.0 Å². The largest absolute Gasteiger partial charge is 0.508 e. The van der Waals surface area contributed by atoms with Gasteiger partial charge in [0.2, 0.25) is 0 Å². The second-order valence-electron chi connectivity index (χ2n) is 13.0. The number of aliphatic hydroxyl groups excluding tert-OH is 1. The summed E-state index contributed by atoms with van der Waals surface area (Å²) in [4.78, 5) is 13.0. The first-order valence-corrected chi connectivity index (χ1v) is 14.8. The zero-order valence-electron chi connectivity index (χ0n) is 24.2. The van der Waals surface area contributed by atoms with Crippen molar-refractivity contribution in [1.29, 1.82) is 0 Å². The van der Waals surface area contributed by atoms with Crippen molar-refractivity contribution >= 4 is 6.47 Å². The van der Waals surface area contributed by atoms with Crippen LogP contribution in [0.1, 0.15) is 109 Å². The highest BCUT2D eigenvalue weighted by Gasteiger charge is 2.47. The lowest BCUT2D eigenvalue weighted by molar-refractivity contribution is -0.136. The first-order chi connectivity index (χ1) is 18.1. The number of β-amino-alcohol motifs (C(OH)–C–C–N with tert-alkyl or cyclic N) is 1. The van der Waals surface area contributed by atoms with E-state index in [4.69, 9.17) is 9.47 Å². The van der Waals surface area contributed by atoms with E-state index in [0.29, 0.717) is 31.7 Å². The minimum atomic E-state index is -0.580. The summed E-state index contributed by atoms with van der Waals surface area (Å²) in [5.74, 6) is 1.45. The maximum absolute atomic E-state index is 11.4. The molecule has 1 aromatic rings. The molecular formula is C32H49NO5. The number of carbonyl (C=O) groups is 1. The SMILES string of the molecule is CCCCCCC(C)(C)c1cc(O)c2c(c1)OC(C)(C)[C@@H]1CC=C(C(O)CN3CCC[C@H](OC=O)C3)CC21. The number of phenols is 1. The number of nitrogens with zero attached hydrogens (tertiary/aromatic N) is 1. The highest BCUT2D eigenvalue weighted by Crippen LogP contribution is 2.55. The van der Waals surface area contributed by atoms with Crippen molar-refractivity contribution in [2.24, 2.45) is 5.92 Å². The van der Waals surface area contributed by atoms with E-state index in [1.54, 1.807) is 0 Å². The van der Waals surface area contributed by atoms with Crippen LogP contribution in [0.25, 0.3) is 0 Å². The number of unbranched alkanes of at least 4 members (excludes halogenated alkanes) is 3. The Labute approximate surface area is 229 Å². The zero-order valence-corrected chi connectivity index (χ0v) is 24.2. The molecule has 0 aromatic heterocycles. The van der Waals surface area contributed by atoms with Gasteiger partial charge in [0.1, 0.15) is 23.2 Å². The zero-order chi connectivity index (χ0) is 27.5. The number of carbonyl (C=O) groups excluding carboxylic acids is 1. The van der Waals surface area contributed by atoms with Gasteiger partial charge in [-0.2, -0.15) is 0 Å². The molecule has 0 bridgehead atoms. The predicted octanol–water partition coefficient (Wildman–Crippen LogP) is 6.23. The number of fused-ring (bicyclic) bond motifs is 3. The van der Waals surface area contributed by atoms with Gasteiger partial charge >= 0.3 is 0 Å². The number of aromatic hydroxyl groups is 1. The molecule has 4 atom stereocenters. The van der Waals surface area contributed by atoms with Gasteiger partial charge in [-0.05, 0) is 81.2 Å². The fourth-order valence-electron chi connectivity index (χ4n) is 6.95. The van der Waals surface area contributed by atoms with Crippen LogP contribution >= 0.6 is 0 Å². The number of ether oxygens (including phenoxy) is 2. The molecule has 0 spiro atoms. The standard InChI is InChI=1S/C32H49NO5/c1-6-7-8-9-14-31(2,3)23-17-27(35)30-25-16-22(12-13-26(25)32(4,5)38-29(30)18-23)28(36)20-33-15-10-11-24(19-33)37-21-34/h12,17-18,21,24-26,28,35-36H,6-11,13-16,19-20H2,1-5H3/t24-,25?,26+,28?/m0/s1. The van der Waals surface area contributed by atoms with Crippen molar-refractivity contribution in [1.82, 2.24) is 4.90 Å². The molecule has 1 aromatic carbocycles. The molecule has 4 rings (SSSR count). The fourth-order valence-corrected chi connectivity index (χ4v) is 6.95. The smallest absolute Gasteiger partial charge is 0.293 e. The van der Waals surface area contributed by atoms with Crippen LogP contribution in [0.3, 0.4) is 0 Å². The number of allylic oxidation sites excluding steroid dienone is 1. The number of hydrogen-bond donors (Lipinski definition) is 2. The molecule has 2 aliphatic heterocycles. The molecule has 6 nitrogen and oxygen atoms in total. The summed E-state index contributed by atoms with van der Waals surface area (Å²) in [6.07, 6.45) is 10.9. The van der Waals surface area contributed by atoms with E-state index in [9.17, 15) is 15.0 Å². The van der Waals surface area contributed by atoms with Crippen molar-refractivity contribution in [3.05, 3.63) is 34.9 Å². The van der Waals surface area contributed by atoms with E-state index in [1.807, 2.05) is 6.07 Å². The van der Waals surface area contributed by atoms with E-state index in [2.05, 4.69) is 51.7 Å². The Morgan fingerprint density at radius 3 is 2.79 bits per heavy atom. The summed E-state index contributed by atoms with van der Waals surface area (Å²) >= 11 is 0. The summed E-state index contributed by atoms with van der Waals surface area (Å²) < 4.78 is 11.8. The Kier molecular flexibility index (Phi) is 9.14. The highest BCUT2D eigenvalue weighted by atomic mass is 16.5. The molecule has 2 unspecified atom stereocenters. The molecule has 212 valence electrons. The van der Waals surface area contributed by atoms with Crippen LogP contribution in [0.15, 0.2) is 23.8 Å². The highest BCUT2D eigenvalue weighted by molar-refractivity contribution is 5.54. The number of likely N-dealkylation sites (tertiary alicyclic amines) is 1. The number of aliphatic hydroxyl groups is 1. The molecule has 1 fully saturated rings. The molecular weight excluding hydrogens is 478 g/mol. The molecule has 1 saturated heterocycles. The maximum atomic E-state index is 11.4. The minimum absolute atomic E-state index is 0.0434. The van der Waals surface area contributed by atoms with E-state index < -0.39 is 6.10 Å². The molecule has 3 aliphatic rings. The lowest BCUT2D eigenvalue weighted by Crippen LogP contribution is -2.47. The average Bonchev–Trinajstić information content (AvgIpc) is 2.86. The van der Waals surface area contributed by atoms with Crippen molar-refractivity contribution < 1.29 is 24.5 Å². The Balaban J connectivity index is 1.52. The van der Waals surface area contributed by atoms with Crippen LogP contribution in [0.5, 0.6) is 11.5 Å². The molecule has 0 amide bonds. The van der Waals surface area contributed by atoms with Crippen LogP contribution in [0.2, 0.25) is 0 Å². The third kappa shape index (κ3) is 6.39. The third-order valence-corrected chi connectivity index (χ3v) is 9.34. The topological polar surface area (TPSA) is 79.2 Å². The van der Waals surface area contributed by atoms with Gasteiger partial charge in [0.05, 0.1) is 6.10 Å². The van der Waals surface area contributed by atoms with Crippen LogP contribution in [0.4, 0.5) is 0 Å². The van der Waals surface area contributed by atoms with Gasteiger partial charge in [-0.3, -0.25) is 9.69 Å². The normalized spacial score (nSPS) is 25.9. The summed E-state index contributed by atoms with van der Waals surface area (Å²) in [6.45, 7) is 13.7. The molecule has 2 N–H and O–H groups in total. The lowest BCUT2D eigenvalue weighted by atomic mass is 9.66. The Morgan fingerprint density at radius 1 is 1.26 bits per heavy atom. The number of hydrogen-bond acceptors (Lipinski definition) is 6. The van der Waals surface area contributed by atoms with E-state index >= 15 is 0 Å². The number of piperidine rings is 1. The van der Waals surface area contributed by atoms with Crippen molar-refractivity contribution in [2.75, 3.05) is 19.6 Å². The van der Waals surface area contributed by atoms with Gasteiger partial charge in [-0.15, -0.1) is 0 Å². The van der Waals surface area contributed by atoms with E-state index in [1.165, 1.54) is 25.7 Å². The Morgan fingerprint density at radius 2 is 2.05 bits per heavy atom. The maximum Gasteiger partial charge on any atom is 0.293 e. The molecule has 0 saturated carbocycles. The molecule has 2 heterocycles. The first kappa shape index (κ1) is 28.9. The third-order valence-electron chi connectivity index (χ3n) is 9.34. The van der Waals surface area contributed by atoms with Gasteiger partial charge in [0.15, 0.2) is 0 Å². The second kappa shape index (κ2) is 12.0. The monoisotopic (exact) mass is 527 g/mol. The van der Waals surface area contributed by atoms with Crippen LogP contribution in [0, 0.1) is 5.92 Å². The molecule has 38 heavy (non-hydrogen) atoms. The molecule has 6 heteroatoms. The van der Waals surface area contributed by atoms with Crippen LogP contribution in [-0.4, -0.2) is 59.0 Å². The van der Waals surface area contributed by atoms with Gasteiger partial charge in [0, 0.05) is 30.5 Å². The van der Waals surface area contributed by atoms with Gasteiger partial charge < -0.3 is 19.7 Å². The van der Waals surface area contributed by atoms with Gasteiger partial charge in [-0.1, -0.05) is 52.5 Å². The van der Waals surface area contributed by atoms with Crippen molar-refractivity contribution in [3.8, 4) is 11.5 Å².